The maximum atomic E-state index is 12.8. The summed E-state index contributed by atoms with van der Waals surface area (Å²) in [7, 11) is 0. The van der Waals surface area contributed by atoms with E-state index in [-0.39, 0.29) is 24.2 Å². The van der Waals surface area contributed by atoms with Crippen molar-refractivity contribution < 1.29 is 9.18 Å². The second-order valence-corrected chi connectivity index (χ2v) is 5.54. The number of aryl methyl sites for hydroxylation is 2. The number of amides is 1. The Bertz CT molecular complexity index is 734. The normalized spacial score (nSPS) is 11.2. The molecule has 2 aromatic rings. The second-order valence-electron chi connectivity index (χ2n) is 5.54. The number of guanidine groups is 1. The van der Waals surface area contributed by atoms with Crippen molar-refractivity contribution in [1.82, 2.24) is 0 Å². The topological polar surface area (TPSA) is 79.5 Å². The summed E-state index contributed by atoms with van der Waals surface area (Å²) in [6, 6.07) is 11.6. The molecule has 0 saturated carbocycles. The Kier molecular flexibility index (Phi) is 6.51. The molecule has 1 amide bonds. The number of nitrogens with two attached hydrogens (primary N) is 1. The van der Waals surface area contributed by atoms with Crippen molar-refractivity contribution in [1.29, 1.82) is 0 Å². The number of hydrogen-bond acceptors (Lipinski definition) is 2. The highest BCUT2D eigenvalue weighted by molar-refractivity contribution is 5.97. The van der Waals surface area contributed by atoms with Crippen LogP contribution in [0.15, 0.2) is 47.5 Å². The fraction of sp³-hybridized carbons (Fsp3) is 0.263. The van der Waals surface area contributed by atoms with E-state index in [0.717, 1.165) is 29.7 Å². The Morgan fingerprint density at radius 3 is 2.20 bits per heavy atom. The fourth-order valence-electron chi connectivity index (χ4n) is 2.46. The van der Waals surface area contributed by atoms with E-state index >= 15 is 0 Å². The number of aliphatic imine (C=N–C) groups is 1. The van der Waals surface area contributed by atoms with Crippen molar-refractivity contribution >= 4 is 23.2 Å². The van der Waals surface area contributed by atoms with Gasteiger partial charge in [-0.3, -0.25) is 4.79 Å². The third kappa shape index (κ3) is 5.31. The van der Waals surface area contributed by atoms with Crippen LogP contribution in [0.2, 0.25) is 0 Å². The van der Waals surface area contributed by atoms with Gasteiger partial charge in [0.1, 0.15) is 12.4 Å². The zero-order chi connectivity index (χ0) is 18.2. The molecular formula is C19H23FN4O. The first-order valence-corrected chi connectivity index (χ1v) is 8.26. The van der Waals surface area contributed by atoms with Crippen LogP contribution in [0.25, 0.3) is 0 Å². The lowest BCUT2D eigenvalue weighted by atomic mass is 10.0. The van der Waals surface area contributed by atoms with Crippen molar-refractivity contribution in [2.75, 3.05) is 17.2 Å². The van der Waals surface area contributed by atoms with Gasteiger partial charge in [-0.1, -0.05) is 32.0 Å². The van der Waals surface area contributed by atoms with E-state index in [1.807, 2.05) is 18.2 Å². The van der Waals surface area contributed by atoms with Gasteiger partial charge in [-0.05, 0) is 48.2 Å². The molecule has 0 radical (unpaired) electrons. The van der Waals surface area contributed by atoms with Crippen molar-refractivity contribution in [3.63, 3.8) is 0 Å². The van der Waals surface area contributed by atoms with Gasteiger partial charge in [-0.2, -0.15) is 0 Å². The number of para-hydroxylation sites is 1. The number of nitrogens with zero attached hydrogens (tertiary/aromatic N) is 1. The Hall–Kier alpha value is -2.89. The lowest BCUT2D eigenvalue weighted by Crippen LogP contribution is -2.26. The minimum Gasteiger partial charge on any atom is -0.370 e. The van der Waals surface area contributed by atoms with Gasteiger partial charge in [-0.25, -0.2) is 9.38 Å². The molecule has 0 atom stereocenters. The number of halogens is 1. The third-order valence-electron chi connectivity index (χ3n) is 3.77. The molecule has 25 heavy (non-hydrogen) atoms. The van der Waals surface area contributed by atoms with Crippen molar-refractivity contribution in [2.45, 2.75) is 26.7 Å². The number of carbonyl (C=O) groups excluding carboxylic acids is 1. The van der Waals surface area contributed by atoms with Crippen LogP contribution < -0.4 is 16.4 Å². The minimum atomic E-state index is -0.356. The zero-order valence-corrected chi connectivity index (χ0v) is 14.5. The molecule has 0 aliphatic carbocycles. The standard InChI is InChI=1S/C19H23FN4O/c1-3-13-6-5-7-14(4-2)18(13)24-19(21)22-12-17(25)23-16-10-8-15(20)9-11-16/h5-11H,3-4,12H2,1-2H3,(H,23,25)(H3,21,22,24). The molecule has 0 aromatic heterocycles. The van der Waals surface area contributed by atoms with E-state index in [1.54, 1.807) is 0 Å². The van der Waals surface area contributed by atoms with Crippen molar-refractivity contribution in [3.8, 4) is 0 Å². The van der Waals surface area contributed by atoms with Gasteiger partial charge in [0.15, 0.2) is 5.96 Å². The summed E-state index contributed by atoms with van der Waals surface area (Å²) in [5.74, 6) is -0.494. The third-order valence-corrected chi connectivity index (χ3v) is 3.77. The van der Waals surface area contributed by atoms with Gasteiger partial charge in [0.05, 0.1) is 0 Å². The van der Waals surface area contributed by atoms with Crippen molar-refractivity contribution in [3.05, 3.63) is 59.4 Å². The number of nitrogens with one attached hydrogen (secondary N) is 2. The molecule has 0 aliphatic rings. The predicted molar refractivity (Wildman–Crippen MR) is 100 cm³/mol. The quantitative estimate of drug-likeness (QED) is 0.556. The van der Waals surface area contributed by atoms with Gasteiger partial charge < -0.3 is 16.4 Å². The van der Waals surface area contributed by atoms with E-state index in [1.165, 1.54) is 24.3 Å². The molecule has 0 saturated heterocycles. The number of hydrogen-bond donors (Lipinski definition) is 3. The van der Waals surface area contributed by atoms with Crippen LogP contribution in [-0.4, -0.2) is 18.4 Å². The second kappa shape index (κ2) is 8.82. The molecule has 132 valence electrons. The molecule has 0 heterocycles. The molecule has 5 nitrogen and oxygen atoms in total. The average molecular weight is 342 g/mol. The van der Waals surface area contributed by atoms with E-state index in [0.29, 0.717) is 5.69 Å². The van der Waals surface area contributed by atoms with Crippen LogP contribution in [-0.2, 0) is 17.6 Å². The average Bonchev–Trinajstić information content (AvgIpc) is 2.62. The first-order valence-electron chi connectivity index (χ1n) is 8.26. The molecule has 2 aromatic carbocycles. The van der Waals surface area contributed by atoms with Crippen LogP contribution in [0.3, 0.4) is 0 Å². The zero-order valence-electron chi connectivity index (χ0n) is 14.5. The number of rotatable bonds is 6. The molecular weight excluding hydrogens is 319 g/mol. The van der Waals surface area contributed by atoms with E-state index in [9.17, 15) is 9.18 Å². The summed E-state index contributed by atoms with van der Waals surface area (Å²) in [6.07, 6.45) is 1.74. The number of carbonyl (C=O) groups is 1. The van der Waals surface area contributed by atoms with Crippen LogP contribution >= 0.6 is 0 Å². The van der Waals surface area contributed by atoms with Gasteiger partial charge >= 0.3 is 0 Å². The SMILES string of the molecule is CCc1cccc(CC)c1NC(N)=NCC(=O)Nc1ccc(F)cc1. The molecule has 6 heteroatoms. The van der Waals surface area contributed by atoms with Gasteiger partial charge in [-0.15, -0.1) is 0 Å². The highest BCUT2D eigenvalue weighted by Gasteiger charge is 2.08. The van der Waals surface area contributed by atoms with Crippen LogP contribution in [0.5, 0.6) is 0 Å². The van der Waals surface area contributed by atoms with Gasteiger partial charge in [0.25, 0.3) is 0 Å². The summed E-state index contributed by atoms with van der Waals surface area (Å²) in [4.78, 5) is 16.0. The van der Waals surface area contributed by atoms with Crippen LogP contribution in [0.1, 0.15) is 25.0 Å². The monoisotopic (exact) mass is 342 g/mol. The summed E-state index contributed by atoms with van der Waals surface area (Å²) in [5, 5.41) is 5.74. The molecule has 0 aliphatic heterocycles. The Balaban J connectivity index is 2.00. The Labute approximate surface area is 147 Å². The van der Waals surface area contributed by atoms with Crippen molar-refractivity contribution in [2.24, 2.45) is 10.7 Å². The molecule has 0 spiro atoms. The fourth-order valence-corrected chi connectivity index (χ4v) is 2.46. The maximum Gasteiger partial charge on any atom is 0.246 e. The number of benzene rings is 2. The molecule has 0 fully saturated rings. The van der Waals surface area contributed by atoms with Crippen LogP contribution in [0.4, 0.5) is 15.8 Å². The van der Waals surface area contributed by atoms with Gasteiger partial charge in [0.2, 0.25) is 5.91 Å². The smallest absolute Gasteiger partial charge is 0.246 e. The molecule has 2 rings (SSSR count). The molecule has 0 unspecified atom stereocenters. The Morgan fingerprint density at radius 1 is 1.04 bits per heavy atom. The number of anilines is 2. The summed E-state index contributed by atoms with van der Waals surface area (Å²) in [5.41, 5.74) is 9.68. The molecule has 4 N–H and O–H groups in total. The highest BCUT2D eigenvalue weighted by Crippen LogP contribution is 2.22. The van der Waals surface area contributed by atoms with Crippen LogP contribution in [0, 0.1) is 5.82 Å². The summed E-state index contributed by atoms with van der Waals surface area (Å²) in [6.45, 7) is 4.03. The first kappa shape index (κ1) is 18.4. The summed E-state index contributed by atoms with van der Waals surface area (Å²) >= 11 is 0. The largest absolute Gasteiger partial charge is 0.370 e. The van der Waals surface area contributed by atoms with E-state index < -0.39 is 0 Å². The summed E-state index contributed by atoms with van der Waals surface area (Å²) < 4.78 is 12.8. The molecule has 0 bridgehead atoms. The highest BCUT2D eigenvalue weighted by atomic mass is 19.1. The predicted octanol–water partition coefficient (Wildman–Crippen LogP) is 3.32. The minimum absolute atomic E-state index is 0.119. The Morgan fingerprint density at radius 2 is 1.64 bits per heavy atom. The van der Waals surface area contributed by atoms with E-state index in [4.69, 9.17) is 5.73 Å². The maximum absolute atomic E-state index is 12.8. The van der Waals surface area contributed by atoms with E-state index in [2.05, 4.69) is 29.5 Å². The lowest BCUT2D eigenvalue weighted by molar-refractivity contribution is -0.114. The van der Waals surface area contributed by atoms with Gasteiger partial charge in [0, 0.05) is 11.4 Å². The lowest BCUT2D eigenvalue weighted by Gasteiger charge is -2.14. The first-order chi connectivity index (χ1) is 12.0.